The lowest BCUT2D eigenvalue weighted by Crippen LogP contribution is -2.50. The summed E-state index contributed by atoms with van der Waals surface area (Å²) in [6.07, 6.45) is 51.9. The first-order chi connectivity index (χ1) is 29.6. The van der Waals surface area contributed by atoms with E-state index in [1.54, 1.807) is 0 Å². The number of likely N-dealkylation sites (N-methyl/N-ethyl adjacent to an activating group) is 1. The summed E-state index contributed by atoms with van der Waals surface area (Å²) in [5.74, 6) is -1.46. The van der Waals surface area contributed by atoms with Gasteiger partial charge in [0.25, 0.3) is 0 Å². The van der Waals surface area contributed by atoms with Crippen LogP contribution in [0.25, 0.3) is 0 Å². The van der Waals surface area contributed by atoms with Crippen LogP contribution in [0.5, 0.6) is 0 Å². The zero-order valence-electron chi connectivity index (χ0n) is 40.6. The SMILES string of the molecule is CC/C=C/C/C=C/C/C=C/CCCCCCCCCCCCCC(=O)OC(COCCC(C(=O)O)[N+](C)(C)C)COC(=O)CCCCCCCCCCCCCCCCCC. The molecule has 0 saturated carbocycles. The summed E-state index contributed by atoms with van der Waals surface area (Å²) in [4.78, 5) is 37.1. The minimum atomic E-state index is -0.873. The number of nitrogens with zero attached hydrogens (tertiary/aromatic N) is 1. The second kappa shape index (κ2) is 44.2. The topological polar surface area (TPSA) is 99.1 Å². The van der Waals surface area contributed by atoms with Crippen LogP contribution in [0.4, 0.5) is 0 Å². The Morgan fingerprint density at radius 1 is 0.508 bits per heavy atom. The van der Waals surface area contributed by atoms with E-state index in [0.29, 0.717) is 19.3 Å². The van der Waals surface area contributed by atoms with Gasteiger partial charge in [-0.1, -0.05) is 204 Å². The molecule has 0 heterocycles. The molecule has 8 heteroatoms. The van der Waals surface area contributed by atoms with Gasteiger partial charge in [0.2, 0.25) is 0 Å². The third-order valence-corrected chi connectivity index (χ3v) is 11.6. The standard InChI is InChI=1S/C53H97NO7/c1-6-8-10-12-14-16-18-20-22-24-25-26-27-28-30-32-34-36-38-40-42-44-52(56)61-49(47-59-46-45-50(53(57)58)54(3,4)5)48-60-51(55)43-41-39-37-35-33-31-29-23-21-19-17-15-13-11-9-7-2/h8,10,14,16,20,22,49-50H,6-7,9,11-13,15,17-19,21,23-48H2,1-5H3/p+1/b10-8+,16-14+,22-20+. The second-order valence-corrected chi connectivity index (χ2v) is 18.4. The molecule has 0 aromatic heterocycles. The summed E-state index contributed by atoms with van der Waals surface area (Å²) >= 11 is 0. The van der Waals surface area contributed by atoms with E-state index in [9.17, 15) is 19.5 Å². The predicted molar refractivity (Wildman–Crippen MR) is 257 cm³/mol. The maximum atomic E-state index is 12.8. The largest absolute Gasteiger partial charge is 0.477 e. The van der Waals surface area contributed by atoms with Crippen molar-refractivity contribution in [3.63, 3.8) is 0 Å². The first-order valence-corrected chi connectivity index (χ1v) is 25.5. The van der Waals surface area contributed by atoms with Crippen LogP contribution in [-0.2, 0) is 28.6 Å². The number of carboxylic acid groups (broad SMARTS) is 1. The third-order valence-electron chi connectivity index (χ3n) is 11.6. The van der Waals surface area contributed by atoms with Crippen LogP contribution < -0.4 is 0 Å². The lowest BCUT2D eigenvalue weighted by Gasteiger charge is -2.31. The third kappa shape index (κ3) is 42.6. The zero-order chi connectivity index (χ0) is 44.9. The molecule has 2 unspecified atom stereocenters. The number of hydrogen-bond donors (Lipinski definition) is 1. The summed E-state index contributed by atoms with van der Waals surface area (Å²) in [6, 6.07) is -0.613. The number of carboxylic acids is 1. The molecule has 0 aliphatic carbocycles. The number of quaternary nitrogens is 1. The van der Waals surface area contributed by atoms with Crippen molar-refractivity contribution < 1.29 is 38.2 Å². The summed E-state index contributed by atoms with van der Waals surface area (Å²) in [5, 5.41) is 9.65. The summed E-state index contributed by atoms with van der Waals surface area (Å²) in [6.45, 7) is 4.66. The molecule has 0 amide bonds. The molecule has 356 valence electrons. The van der Waals surface area contributed by atoms with Crippen molar-refractivity contribution in [1.29, 1.82) is 0 Å². The average molecular weight is 861 g/mol. The maximum Gasteiger partial charge on any atom is 0.362 e. The van der Waals surface area contributed by atoms with Gasteiger partial charge in [0.05, 0.1) is 34.4 Å². The van der Waals surface area contributed by atoms with Crippen molar-refractivity contribution in [2.45, 2.75) is 244 Å². The van der Waals surface area contributed by atoms with E-state index in [1.165, 1.54) is 141 Å². The van der Waals surface area contributed by atoms with E-state index < -0.39 is 18.1 Å². The predicted octanol–water partition coefficient (Wildman–Crippen LogP) is 14.6. The highest BCUT2D eigenvalue weighted by Crippen LogP contribution is 2.16. The summed E-state index contributed by atoms with van der Waals surface area (Å²) < 4.78 is 17.4. The molecule has 0 aliphatic rings. The molecular weight excluding hydrogens is 763 g/mol. The highest BCUT2D eigenvalue weighted by molar-refractivity contribution is 5.72. The van der Waals surface area contributed by atoms with Gasteiger partial charge in [0.15, 0.2) is 12.1 Å². The molecule has 61 heavy (non-hydrogen) atoms. The first kappa shape index (κ1) is 58.6. The Morgan fingerprint density at radius 2 is 0.918 bits per heavy atom. The van der Waals surface area contributed by atoms with Gasteiger partial charge >= 0.3 is 17.9 Å². The van der Waals surface area contributed by atoms with Gasteiger partial charge in [0, 0.05) is 19.3 Å². The van der Waals surface area contributed by atoms with E-state index in [2.05, 4.69) is 50.3 Å². The molecule has 0 aliphatic heterocycles. The van der Waals surface area contributed by atoms with Crippen molar-refractivity contribution in [3.05, 3.63) is 36.5 Å². The van der Waals surface area contributed by atoms with Crippen molar-refractivity contribution in [1.82, 2.24) is 0 Å². The minimum Gasteiger partial charge on any atom is -0.477 e. The molecule has 0 radical (unpaired) electrons. The molecule has 0 fully saturated rings. The number of esters is 2. The van der Waals surface area contributed by atoms with Crippen molar-refractivity contribution >= 4 is 17.9 Å². The molecular formula is C53H98NO7+. The molecule has 0 bridgehead atoms. The fraction of sp³-hybridized carbons (Fsp3) is 0.830. The molecule has 1 N–H and O–H groups in total. The van der Waals surface area contributed by atoms with Gasteiger partial charge in [-0.2, -0.15) is 0 Å². The van der Waals surface area contributed by atoms with Crippen LogP contribution in [0, 0.1) is 0 Å². The monoisotopic (exact) mass is 861 g/mol. The summed E-state index contributed by atoms with van der Waals surface area (Å²) in [5.41, 5.74) is 0. The van der Waals surface area contributed by atoms with Gasteiger partial charge < -0.3 is 23.8 Å². The minimum absolute atomic E-state index is 0.0480. The Bertz CT molecular complexity index is 1090. The molecule has 0 aromatic carbocycles. The number of unbranched alkanes of at least 4 members (excludes halogenated alkanes) is 26. The van der Waals surface area contributed by atoms with Crippen LogP contribution in [0.2, 0.25) is 0 Å². The van der Waals surface area contributed by atoms with Gasteiger partial charge in [-0.15, -0.1) is 0 Å². The molecule has 0 rings (SSSR count). The normalized spacial score (nSPS) is 13.1. The second-order valence-electron chi connectivity index (χ2n) is 18.4. The number of hydrogen-bond acceptors (Lipinski definition) is 6. The molecule has 0 aromatic rings. The molecule has 2 atom stereocenters. The van der Waals surface area contributed by atoms with E-state index in [0.717, 1.165) is 57.8 Å². The van der Waals surface area contributed by atoms with Crippen LogP contribution in [0.3, 0.4) is 0 Å². The zero-order valence-corrected chi connectivity index (χ0v) is 40.6. The van der Waals surface area contributed by atoms with Crippen molar-refractivity contribution in [3.8, 4) is 0 Å². The van der Waals surface area contributed by atoms with Crippen molar-refractivity contribution in [2.24, 2.45) is 0 Å². The van der Waals surface area contributed by atoms with E-state index in [1.807, 2.05) is 21.1 Å². The Kier molecular flexibility index (Phi) is 42.4. The van der Waals surface area contributed by atoms with Crippen LogP contribution >= 0.6 is 0 Å². The number of carbonyl (C=O) groups excluding carboxylic acids is 2. The highest BCUT2D eigenvalue weighted by Gasteiger charge is 2.31. The number of carbonyl (C=O) groups is 3. The summed E-state index contributed by atoms with van der Waals surface area (Å²) in [7, 11) is 5.54. The van der Waals surface area contributed by atoms with Gasteiger partial charge in [-0.05, 0) is 44.9 Å². The molecule has 0 saturated heterocycles. The van der Waals surface area contributed by atoms with Crippen LogP contribution in [0.1, 0.15) is 232 Å². The lowest BCUT2D eigenvalue weighted by atomic mass is 10.0. The van der Waals surface area contributed by atoms with Gasteiger partial charge in [0.1, 0.15) is 6.61 Å². The Labute approximate surface area is 376 Å². The Hall–Kier alpha value is -2.45. The number of ether oxygens (including phenoxy) is 3. The smallest absolute Gasteiger partial charge is 0.362 e. The van der Waals surface area contributed by atoms with Gasteiger partial charge in [-0.25, -0.2) is 4.79 Å². The fourth-order valence-electron chi connectivity index (χ4n) is 7.64. The number of rotatable bonds is 46. The Balaban J connectivity index is 4.22. The average Bonchev–Trinajstić information content (AvgIpc) is 3.22. The maximum absolute atomic E-state index is 12.8. The number of allylic oxidation sites excluding steroid dienone is 6. The lowest BCUT2D eigenvalue weighted by molar-refractivity contribution is -0.887. The highest BCUT2D eigenvalue weighted by atomic mass is 16.6. The van der Waals surface area contributed by atoms with E-state index in [-0.39, 0.29) is 36.2 Å². The van der Waals surface area contributed by atoms with E-state index >= 15 is 0 Å². The van der Waals surface area contributed by atoms with E-state index in [4.69, 9.17) is 14.2 Å². The molecule has 8 nitrogen and oxygen atoms in total. The fourth-order valence-corrected chi connectivity index (χ4v) is 7.64. The quantitative estimate of drug-likeness (QED) is 0.0282. The first-order valence-electron chi connectivity index (χ1n) is 25.5. The number of aliphatic carboxylic acids is 1. The van der Waals surface area contributed by atoms with Crippen molar-refractivity contribution in [2.75, 3.05) is 41.0 Å². The Morgan fingerprint density at radius 3 is 1.36 bits per heavy atom. The molecule has 0 spiro atoms. The van der Waals surface area contributed by atoms with Crippen LogP contribution in [-0.4, -0.2) is 80.6 Å². The van der Waals surface area contributed by atoms with Gasteiger partial charge in [-0.3, -0.25) is 9.59 Å². The van der Waals surface area contributed by atoms with Crippen LogP contribution in [0.15, 0.2) is 36.5 Å².